The maximum atomic E-state index is 13.0. The molecule has 0 spiro atoms. The predicted molar refractivity (Wildman–Crippen MR) is 158 cm³/mol. The summed E-state index contributed by atoms with van der Waals surface area (Å²) in [7, 11) is 0. The number of anilines is 2. The van der Waals surface area contributed by atoms with Gasteiger partial charge in [0.25, 0.3) is 5.91 Å². The molecule has 2 aliphatic heterocycles. The molecule has 2 aliphatic rings. The summed E-state index contributed by atoms with van der Waals surface area (Å²) in [5.74, 6) is 0.472. The molecule has 4 heterocycles. The maximum Gasteiger partial charge on any atom is 0.410 e. The predicted octanol–water partition coefficient (Wildman–Crippen LogP) is 5.18. The molecule has 3 amide bonds. The minimum Gasteiger partial charge on any atom is -0.445 e. The number of oxazole rings is 1. The Balaban J connectivity index is 0.978. The number of amides is 3. The first-order valence-electron chi connectivity index (χ1n) is 14.0. The van der Waals surface area contributed by atoms with Crippen LogP contribution in [-0.4, -0.2) is 51.0 Å². The lowest BCUT2D eigenvalue weighted by Gasteiger charge is -2.35. The Hall–Kier alpha value is -5.78. The number of carbonyl (C=O) groups excluding carboxylic acids is 3. The quantitative estimate of drug-likeness (QED) is 0.261. The van der Waals surface area contributed by atoms with Crippen molar-refractivity contribution in [3.8, 4) is 22.8 Å². The van der Waals surface area contributed by atoms with E-state index < -0.39 is 5.91 Å². The number of aryl methyl sites for hydroxylation is 1. The fourth-order valence-electron chi connectivity index (χ4n) is 5.05. The minimum atomic E-state index is -0.471. The number of benzene rings is 3. The van der Waals surface area contributed by atoms with Gasteiger partial charge in [-0.05, 0) is 41.8 Å². The first-order chi connectivity index (χ1) is 21.4. The van der Waals surface area contributed by atoms with Gasteiger partial charge < -0.3 is 29.2 Å². The standard InChI is InChI=1S/C32H26N6O6/c1-18-7-8-21(28-36-31(44-37-28)23-15-38(16-23)32(41)42-17-19-5-3-2-4-6-19)11-24(18)35-29(40)26-14-33-30(43-26)22-10-9-20-13-27(39)34-25(20)12-22/h2-12,14,23H,13,15-17H2,1H3,(H,34,39)(H,35,40). The van der Waals surface area contributed by atoms with Gasteiger partial charge in [-0.25, -0.2) is 9.78 Å². The van der Waals surface area contributed by atoms with Crippen molar-refractivity contribution in [3.63, 3.8) is 0 Å². The lowest BCUT2D eigenvalue weighted by molar-refractivity contribution is -0.115. The number of fused-ring (bicyclic) bond motifs is 1. The van der Waals surface area contributed by atoms with Crippen molar-refractivity contribution in [1.29, 1.82) is 0 Å². The Morgan fingerprint density at radius 1 is 1.07 bits per heavy atom. The van der Waals surface area contributed by atoms with E-state index in [0.717, 1.165) is 16.7 Å². The number of likely N-dealkylation sites (tertiary alicyclic amines) is 1. The molecule has 3 aromatic carbocycles. The van der Waals surface area contributed by atoms with Gasteiger partial charge in [0, 0.05) is 35.6 Å². The van der Waals surface area contributed by atoms with Crippen LogP contribution in [0.1, 0.15) is 39.1 Å². The van der Waals surface area contributed by atoms with E-state index in [2.05, 4.69) is 25.8 Å². The van der Waals surface area contributed by atoms with Crippen LogP contribution in [0.25, 0.3) is 22.8 Å². The summed E-state index contributed by atoms with van der Waals surface area (Å²) in [4.78, 5) is 47.5. The SMILES string of the molecule is Cc1ccc(-c2noc(C3CN(C(=O)OCc4ccccc4)C3)n2)cc1NC(=O)c1cnc(-c2ccc3c(c2)NC(=O)C3)o1. The Bertz CT molecular complexity index is 1890. The van der Waals surface area contributed by atoms with Crippen LogP contribution in [0.2, 0.25) is 0 Å². The number of ether oxygens (including phenoxy) is 1. The molecular weight excluding hydrogens is 564 g/mol. The average molecular weight is 591 g/mol. The zero-order chi connectivity index (χ0) is 30.2. The summed E-state index contributed by atoms with van der Waals surface area (Å²) < 4.78 is 16.6. The number of nitrogens with one attached hydrogen (secondary N) is 2. The van der Waals surface area contributed by atoms with Crippen molar-refractivity contribution >= 4 is 29.3 Å². The van der Waals surface area contributed by atoms with Gasteiger partial charge in [0.1, 0.15) is 6.61 Å². The summed E-state index contributed by atoms with van der Waals surface area (Å²) in [6.45, 7) is 2.92. The molecule has 5 aromatic rings. The van der Waals surface area contributed by atoms with Crippen LogP contribution in [0.4, 0.5) is 16.2 Å². The molecule has 2 aromatic heterocycles. The van der Waals surface area contributed by atoms with Gasteiger partial charge >= 0.3 is 6.09 Å². The summed E-state index contributed by atoms with van der Waals surface area (Å²) in [5, 5.41) is 9.79. The number of hydrogen-bond donors (Lipinski definition) is 2. The molecule has 1 fully saturated rings. The number of aromatic nitrogens is 3. The topological polar surface area (TPSA) is 153 Å². The fraction of sp³-hybridized carbons (Fsp3) is 0.188. The summed E-state index contributed by atoms with van der Waals surface area (Å²) in [6.07, 6.45) is 1.31. The molecule has 2 N–H and O–H groups in total. The molecule has 12 nitrogen and oxygen atoms in total. The molecule has 1 saturated heterocycles. The Morgan fingerprint density at radius 3 is 2.73 bits per heavy atom. The van der Waals surface area contributed by atoms with Crippen molar-refractivity contribution < 1.29 is 28.1 Å². The van der Waals surface area contributed by atoms with Crippen LogP contribution in [0.3, 0.4) is 0 Å². The van der Waals surface area contributed by atoms with E-state index in [1.807, 2.05) is 55.5 Å². The number of nitrogens with zero attached hydrogens (tertiary/aromatic N) is 4. The van der Waals surface area contributed by atoms with Gasteiger partial charge in [-0.2, -0.15) is 4.98 Å². The van der Waals surface area contributed by atoms with Gasteiger partial charge in [-0.15, -0.1) is 0 Å². The lowest BCUT2D eigenvalue weighted by Crippen LogP contribution is -2.48. The summed E-state index contributed by atoms with van der Waals surface area (Å²) in [5.41, 5.74) is 5.21. The fourth-order valence-corrected chi connectivity index (χ4v) is 5.05. The monoisotopic (exact) mass is 590 g/mol. The van der Waals surface area contributed by atoms with E-state index in [1.54, 1.807) is 23.1 Å². The summed E-state index contributed by atoms with van der Waals surface area (Å²) in [6, 6.07) is 20.4. The molecule has 0 radical (unpaired) electrons. The third kappa shape index (κ3) is 5.40. The van der Waals surface area contributed by atoms with Crippen molar-refractivity contribution in [3.05, 3.63) is 101 Å². The van der Waals surface area contributed by atoms with Crippen LogP contribution < -0.4 is 10.6 Å². The van der Waals surface area contributed by atoms with Crippen molar-refractivity contribution in [1.82, 2.24) is 20.0 Å². The van der Waals surface area contributed by atoms with E-state index in [9.17, 15) is 14.4 Å². The van der Waals surface area contributed by atoms with Crippen LogP contribution in [-0.2, 0) is 22.6 Å². The lowest BCUT2D eigenvalue weighted by atomic mass is 10.0. The van der Waals surface area contributed by atoms with E-state index >= 15 is 0 Å². The zero-order valence-corrected chi connectivity index (χ0v) is 23.6. The highest BCUT2D eigenvalue weighted by molar-refractivity contribution is 6.03. The van der Waals surface area contributed by atoms with E-state index in [0.29, 0.717) is 53.7 Å². The van der Waals surface area contributed by atoms with Gasteiger partial charge in [-0.3, -0.25) is 9.59 Å². The molecule has 0 bridgehead atoms. The van der Waals surface area contributed by atoms with E-state index in [4.69, 9.17) is 13.7 Å². The zero-order valence-electron chi connectivity index (χ0n) is 23.6. The average Bonchev–Trinajstić information content (AvgIpc) is 3.76. The molecule has 0 saturated carbocycles. The van der Waals surface area contributed by atoms with Crippen molar-refractivity contribution in [2.24, 2.45) is 0 Å². The normalized spacial score (nSPS) is 14.1. The largest absolute Gasteiger partial charge is 0.445 e. The third-order valence-corrected chi connectivity index (χ3v) is 7.59. The first-order valence-corrected chi connectivity index (χ1v) is 14.0. The van der Waals surface area contributed by atoms with Crippen molar-refractivity contribution in [2.45, 2.75) is 25.9 Å². The third-order valence-electron chi connectivity index (χ3n) is 7.59. The molecule has 220 valence electrons. The summed E-state index contributed by atoms with van der Waals surface area (Å²) >= 11 is 0. The Labute approximate surface area is 251 Å². The second-order valence-electron chi connectivity index (χ2n) is 10.7. The number of carbonyl (C=O) groups is 3. The van der Waals surface area contributed by atoms with Crippen LogP contribution in [0, 0.1) is 6.92 Å². The van der Waals surface area contributed by atoms with Gasteiger partial charge in [0.05, 0.1) is 18.5 Å². The van der Waals surface area contributed by atoms with Crippen molar-refractivity contribution in [2.75, 3.05) is 23.7 Å². The van der Waals surface area contributed by atoms with Gasteiger partial charge in [-0.1, -0.05) is 53.7 Å². The van der Waals surface area contributed by atoms with Gasteiger partial charge in [0.2, 0.25) is 29.3 Å². The number of rotatable bonds is 7. The molecular formula is C32H26N6O6. The Morgan fingerprint density at radius 2 is 1.89 bits per heavy atom. The molecule has 12 heteroatoms. The second-order valence-corrected chi connectivity index (χ2v) is 10.7. The highest BCUT2D eigenvalue weighted by Gasteiger charge is 2.36. The Kier molecular flexibility index (Phi) is 6.85. The minimum absolute atomic E-state index is 0.0352. The molecule has 0 aliphatic carbocycles. The smallest absolute Gasteiger partial charge is 0.410 e. The molecule has 44 heavy (non-hydrogen) atoms. The maximum absolute atomic E-state index is 13.0. The van der Waals surface area contributed by atoms with Gasteiger partial charge in [0.15, 0.2) is 0 Å². The molecule has 7 rings (SSSR count). The first kappa shape index (κ1) is 27.1. The molecule has 0 unspecified atom stereocenters. The van der Waals surface area contributed by atoms with E-state index in [-0.39, 0.29) is 36.2 Å². The van der Waals surface area contributed by atoms with Crippen LogP contribution in [0.5, 0.6) is 0 Å². The number of hydrogen-bond acceptors (Lipinski definition) is 9. The molecule has 0 atom stereocenters. The second kappa shape index (κ2) is 11.1. The van der Waals surface area contributed by atoms with Crippen LogP contribution >= 0.6 is 0 Å². The van der Waals surface area contributed by atoms with Crippen LogP contribution in [0.15, 0.2) is 81.9 Å². The highest BCUT2D eigenvalue weighted by atomic mass is 16.6. The van der Waals surface area contributed by atoms with E-state index in [1.165, 1.54) is 6.20 Å². The highest BCUT2D eigenvalue weighted by Crippen LogP contribution is 2.31.